The molecular formula is C37H29N3O3. The Bertz CT molecular complexity index is 1970. The molecule has 7 rings (SSSR count). The number of ketones is 2. The van der Waals surface area contributed by atoms with Gasteiger partial charge in [0.05, 0.1) is 17.8 Å². The van der Waals surface area contributed by atoms with E-state index in [1.165, 1.54) is 0 Å². The molecule has 4 aromatic carbocycles. The maximum atomic E-state index is 14.6. The number of ether oxygens (including phenoxy) is 1. The van der Waals surface area contributed by atoms with Crippen molar-refractivity contribution in [2.45, 2.75) is 31.9 Å². The van der Waals surface area contributed by atoms with E-state index >= 15 is 0 Å². The fourth-order valence-electron chi connectivity index (χ4n) is 6.12. The van der Waals surface area contributed by atoms with Gasteiger partial charge in [-0.2, -0.15) is 5.10 Å². The summed E-state index contributed by atoms with van der Waals surface area (Å²) in [4.78, 5) is 33.2. The van der Waals surface area contributed by atoms with Crippen molar-refractivity contribution < 1.29 is 14.3 Å². The van der Waals surface area contributed by atoms with Gasteiger partial charge in [-0.3, -0.25) is 19.3 Å². The van der Waals surface area contributed by atoms with Crippen LogP contribution in [-0.2, 0) is 25.0 Å². The Kier molecular flexibility index (Phi) is 6.67. The first-order valence-electron chi connectivity index (χ1n) is 14.3. The molecule has 0 fully saturated rings. The van der Waals surface area contributed by atoms with E-state index in [4.69, 9.17) is 9.84 Å². The highest BCUT2D eigenvalue weighted by Gasteiger charge is 2.54. The molecule has 6 heteroatoms. The lowest BCUT2D eigenvalue weighted by Crippen LogP contribution is -2.40. The van der Waals surface area contributed by atoms with Crippen LogP contribution in [0.2, 0.25) is 0 Å². The molecule has 210 valence electrons. The molecule has 0 radical (unpaired) electrons. The van der Waals surface area contributed by atoms with Crippen molar-refractivity contribution in [2.75, 3.05) is 0 Å². The summed E-state index contributed by atoms with van der Waals surface area (Å²) in [6.07, 6.45) is 3.60. The first-order chi connectivity index (χ1) is 21.0. The molecule has 0 saturated heterocycles. The van der Waals surface area contributed by atoms with Crippen LogP contribution in [0.5, 0.6) is 5.75 Å². The zero-order valence-corrected chi connectivity index (χ0v) is 23.7. The fourth-order valence-corrected chi connectivity index (χ4v) is 6.12. The lowest BCUT2D eigenvalue weighted by molar-refractivity contribution is 0.0793. The molecule has 2 aromatic heterocycles. The van der Waals surface area contributed by atoms with Gasteiger partial charge in [0, 0.05) is 28.9 Å². The van der Waals surface area contributed by atoms with Crippen molar-refractivity contribution in [1.82, 2.24) is 14.8 Å². The lowest BCUT2D eigenvalue weighted by atomic mass is 9.71. The number of hydrogen-bond donors (Lipinski definition) is 0. The van der Waals surface area contributed by atoms with E-state index < -0.39 is 5.41 Å². The number of aryl methyl sites for hydroxylation is 1. The smallest absolute Gasteiger partial charge is 0.182 e. The summed E-state index contributed by atoms with van der Waals surface area (Å²) >= 11 is 0. The summed E-state index contributed by atoms with van der Waals surface area (Å²) in [6.45, 7) is 2.93. The van der Waals surface area contributed by atoms with Crippen LogP contribution in [0.1, 0.15) is 48.7 Å². The quantitative estimate of drug-likeness (QED) is 0.188. The maximum absolute atomic E-state index is 14.6. The number of pyridine rings is 1. The number of carbonyl (C=O) groups excluding carboxylic acids is 2. The third kappa shape index (κ3) is 4.71. The molecule has 0 bridgehead atoms. The molecular weight excluding hydrogens is 534 g/mol. The number of aromatic nitrogens is 3. The predicted molar refractivity (Wildman–Crippen MR) is 166 cm³/mol. The second-order valence-electron chi connectivity index (χ2n) is 11.0. The second-order valence-corrected chi connectivity index (χ2v) is 11.0. The van der Waals surface area contributed by atoms with Crippen molar-refractivity contribution in [1.29, 1.82) is 0 Å². The number of benzene rings is 4. The van der Waals surface area contributed by atoms with Crippen molar-refractivity contribution in [3.05, 3.63) is 161 Å². The van der Waals surface area contributed by atoms with Crippen LogP contribution >= 0.6 is 0 Å². The van der Waals surface area contributed by atoms with Gasteiger partial charge in [-0.25, -0.2) is 0 Å². The number of carbonyl (C=O) groups is 2. The third-order valence-corrected chi connectivity index (χ3v) is 8.33. The first-order valence-corrected chi connectivity index (χ1v) is 14.3. The molecule has 6 nitrogen and oxygen atoms in total. The summed E-state index contributed by atoms with van der Waals surface area (Å²) < 4.78 is 8.00. The highest BCUT2D eigenvalue weighted by Crippen LogP contribution is 2.44. The third-order valence-electron chi connectivity index (χ3n) is 8.33. The number of Topliss-reactive ketones (excluding diaryl/α,β-unsaturated/α-hetero) is 2. The average Bonchev–Trinajstić information content (AvgIpc) is 3.47. The Morgan fingerprint density at radius 2 is 1.42 bits per heavy atom. The van der Waals surface area contributed by atoms with E-state index in [-0.39, 0.29) is 18.0 Å². The Hall–Kier alpha value is -5.36. The molecule has 1 aliphatic rings. The molecule has 0 N–H and O–H groups in total. The number of hydrogen-bond acceptors (Lipinski definition) is 5. The fraction of sp³-hybridized carbons (Fsp3) is 0.135. The van der Waals surface area contributed by atoms with Gasteiger partial charge in [0.25, 0.3) is 0 Å². The lowest BCUT2D eigenvalue weighted by Gasteiger charge is -2.27. The van der Waals surface area contributed by atoms with Crippen molar-refractivity contribution in [2.24, 2.45) is 0 Å². The van der Waals surface area contributed by atoms with Gasteiger partial charge >= 0.3 is 0 Å². The normalized spacial score (nSPS) is 16.0. The molecule has 0 aliphatic heterocycles. The number of nitrogens with zero attached hydrogens (tertiary/aromatic N) is 3. The summed E-state index contributed by atoms with van der Waals surface area (Å²) in [5.74, 6) is 0.124. The zero-order chi connectivity index (χ0) is 29.4. The van der Waals surface area contributed by atoms with E-state index in [1.807, 2.05) is 90.5 Å². The van der Waals surface area contributed by atoms with Crippen LogP contribution in [0.15, 0.2) is 122 Å². The molecule has 2 heterocycles. The van der Waals surface area contributed by atoms with E-state index in [1.54, 1.807) is 30.6 Å². The summed E-state index contributed by atoms with van der Waals surface area (Å²) in [5, 5.41) is 5.81. The Morgan fingerprint density at radius 3 is 2.16 bits per heavy atom. The van der Waals surface area contributed by atoms with Gasteiger partial charge in [-0.05, 0) is 72.0 Å². The van der Waals surface area contributed by atoms with Gasteiger partial charge in [-0.1, -0.05) is 72.8 Å². The SMILES string of the molecule is Cc1nn(Cc2ccccc2)c2cc(C3(Cc4ccncc4)C(=O)c4ccc(OCc5ccccc5)cc4C3=O)ccc12. The number of rotatable bonds is 8. The van der Waals surface area contributed by atoms with Crippen molar-refractivity contribution >= 4 is 22.5 Å². The minimum absolute atomic E-state index is 0.205. The van der Waals surface area contributed by atoms with Crippen molar-refractivity contribution in [3.63, 3.8) is 0 Å². The van der Waals surface area contributed by atoms with Crippen molar-refractivity contribution in [3.8, 4) is 5.75 Å². The van der Waals surface area contributed by atoms with Crippen LogP contribution in [0, 0.1) is 6.92 Å². The van der Waals surface area contributed by atoms with Crippen LogP contribution in [0.25, 0.3) is 10.9 Å². The molecule has 0 amide bonds. The van der Waals surface area contributed by atoms with Gasteiger partial charge in [0.15, 0.2) is 11.6 Å². The monoisotopic (exact) mass is 563 g/mol. The molecule has 6 aromatic rings. The van der Waals surface area contributed by atoms with E-state index in [9.17, 15) is 9.59 Å². The maximum Gasteiger partial charge on any atom is 0.182 e. The van der Waals surface area contributed by atoms with E-state index in [0.717, 1.165) is 33.3 Å². The minimum Gasteiger partial charge on any atom is -0.489 e. The summed E-state index contributed by atoms with van der Waals surface area (Å²) in [7, 11) is 0. The molecule has 1 atom stereocenters. The summed E-state index contributed by atoms with van der Waals surface area (Å²) in [5.41, 5.74) is 4.82. The van der Waals surface area contributed by atoms with Crippen LogP contribution in [0.3, 0.4) is 0 Å². The standard InChI is InChI=1S/C37H29N3O3/c1-25-31-14-12-29(20-34(31)40(39-25)23-27-8-4-2-5-9-27)37(22-26-16-18-38-19-17-26)35(41)32-15-13-30(21-33(32)36(37)42)43-24-28-10-6-3-7-11-28/h2-21H,22-24H2,1H3. The van der Waals surface area contributed by atoms with E-state index in [0.29, 0.717) is 35.6 Å². The average molecular weight is 564 g/mol. The van der Waals surface area contributed by atoms with Crippen LogP contribution in [0.4, 0.5) is 0 Å². The Morgan fingerprint density at radius 1 is 0.721 bits per heavy atom. The Labute approximate surface area is 249 Å². The highest BCUT2D eigenvalue weighted by atomic mass is 16.5. The summed E-state index contributed by atoms with van der Waals surface area (Å²) in [6, 6.07) is 34.8. The van der Waals surface area contributed by atoms with E-state index in [2.05, 4.69) is 17.1 Å². The second kappa shape index (κ2) is 10.8. The highest BCUT2D eigenvalue weighted by molar-refractivity contribution is 6.33. The molecule has 0 saturated carbocycles. The van der Waals surface area contributed by atoms with Crippen LogP contribution < -0.4 is 4.74 Å². The molecule has 1 unspecified atom stereocenters. The molecule has 43 heavy (non-hydrogen) atoms. The number of fused-ring (bicyclic) bond motifs is 2. The largest absolute Gasteiger partial charge is 0.489 e. The van der Waals surface area contributed by atoms with Gasteiger partial charge in [0.2, 0.25) is 0 Å². The predicted octanol–water partition coefficient (Wildman–Crippen LogP) is 6.93. The Balaban J connectivity index is 1.32. The first kappa shape index (κ1) is 26.5. The molecule has 0 spiro atoms. The zero-order valence-electron chi connectivity index (χ0n) is 23.7. The van der Waals surface area contributed by atoms with Gasteiger partial charge in [-0.15, -0.1) is 0 Å². The van der Waals surface area contributed by atoms with Gasteiger partial charge in [0.1, 0.15) is 17.8 Å². The van der Waals surface area contributed by atoms with Crippen LogP contribution in [-0.4, -0.2) is 26.3 Å². The van der Waals surface area contributed by atoms with Gasteiger partial charge < -0.3 is 4.74 Å². The minimum atomic E-state index is -1.42. The molecule has 1 aliphatic carbocycles. The topological polar surface area (TPSA) is 74.1 Å².